The first-order chi connectivity index (χ1) is 14.8. The van der Waals surface area contributed by atoms with E-state index in [1.165, 1.54) is 12.8 Å². The molecule has 7 heteroatoms. The number of pyridine rings is 1. The van der Waals surface area contributed by atoms with Crippen molar-refractivity contribution in [3.63, 3.8) is 0 Å². The zero-order valence-electron chi connectivity index (χ0n) is 18.5. The second-order valence-electron chi connectivity index (χ2n) is 8.99. The largest absolute Gasteiger partial charge is 0.497 e. The third kappa shape index (κ3) is 4.17. The number of aromatic nitrogens is 3. The van der Waals surface area contributed by atoms with Crippen LogP contribution in [0.1, 0.15) is 49.7 Å². The summed E-state index contributed by atoms with van der Waals surface area (Å²) in [5.41, 5.74) is 0.987. The van der Waals surface area contributed by atoms with Gasteiger partial charge in [0.25, 0.3) is 0 Å². The molecule has 0 radical (unpaired) electrons. The lowest BCUT2D eigenvalue weighted by atomic mass is 9.91. The molecule has 162 valence electrons. The van der Waals surface area contributed by atoms with E-state index in [4.69, 9.17) is 4.74 Å². The number of ketones is 2. The molecule has 4 rings (SSSR count). The highest BCUT2D eigenvalue weighted by atomic mass is 16.5. The molecule has 3 heterocycles. The Kier molecular flexibility index (Phi) is 5.52. The number of hydrogen-bond acceptors (Lipinski definition) is 6. The van der Waals surface area contributed by atoms with Crippen molar-refractivity contribution in [3.8, 4) is 5.75 Å². The number of benzene rings is 1. The van der Waals surface area contributed by atoms with Crippen LogP contribution >= 0.6 is 0 Å². The van der Waals surface area contributed by atoms with Gasteiger partial charge in [0.2, 0.25) is 5.78 Å². The van der Waals surface area contributed by atoms with Gasteiger partial charge in [-0.25, -0.2) is 4.98 Å². The second kappa shape index (κ2) is 8.13. The molecule has 7 nitrogen and oxygen atoms in total. The lowest BCUT2D eigenvalue weighted by Crippen LogP contribution is -2.25. The lowest BCUT2D eigenvalue weighted by molar-refractivity contribution is -0.127. The number of carbonyl (C=O) groups excluding carboxylic acids is 2. The Hall–Kier alpha value is -3.22. The molecular formula is C24H28N4O3. The molecule has 0 N–H and O–H groups in total. The van der Waals surface area contributed by atoms with Gasteiger partial charge in [-0.15, -0.1) is 0 Å². The molecule has 0 amide bonds. The monoisotopic (exact) mass is 420 g/mol. The highest BCUT2D eigenvalue weighted by molar-refractivity contribution is 6.15. The molecule has 1 saturated heterocycles. The van der Waals surface area contributed by atoms with Crippen LogP contribution in [0.4, 0.5) is 5.82 Å². The minimum atomic E-state index is -0.503. The first kappa shape index (κ1) is 21.0. The van der Waals surface area contributed by atoms with E-state index >= 15 is 0 Å². The van der Waals surface area contributed by atoms with Gasteiger partial charge in [0.05, 0.1) is 12.6 Å². The van der Waals surface area contributed by atoms with Crippen molar-refractivity contribution in [2.24, 2.45) is 5.41 Å². The summed E-state index contributed by atoms with van der Waals surface area (Å²) in [6, 6.07) is 9.12. The van der Waals surface area contributed by atoms with E-state index in [2.05, 4.69) is 15.0 Å². The molecule has 0 saturated carbocycles. The van der Waals surface area contributed by atoms with E-state index < -0.39 is 5.41 Å². The summed E-state index contributed by atoms with van der Waals surface area (Å²) in [5, 5.41) is 5.24. The maximum absolute atomic E-state index is 13.3. The number of hydrogen-bond donors (Lipinski definition) is 0. The summed E-state index contributed by atoms with van der Waals surface area (Å²) < 4.78 is 6.94. The molecule has 1 aliphatic heterocycles. The van der Waals surface area contributed by atoms with Gasteiger partial charge in [-0.2, -0.15) is 5.10 Å². The smallest absolute Gasteiger partial charge is 0.215 e. The molecule has 0 atom stereocenters. The normalized spacial score (nSPS) is 14.3. The van der Waals surface area contributed by atoms with E-state index in [0.29, 0.717) is 27.9 Å². The molecular weight excluding hydrogens is 392 g/mol. The molecule has 0 aliphatic carbocycles. The minimum absolute atomic E-state index is 0.0374. The summed E-state index contributed by atoms with van der Waals surface area (Å²) in [6.07, 6.45) is 3.95. The number of Topliss-reactive ketones (excluding diaryl/α,β-unsaturated/α-hetero) is 1. The Morgan fingerprint density at radius 3 is 2.45 bits per heavy atom. The Balaban J connectivity index is 1.70. The third-order valence-corrected chi connectivity index (χ3v) is 5.74. The first-order valence-electron chi connectivity index (χ1n) is 10.6. The fraction of sp³-hybridized carbons (Fsp3) is 0.417. The SMILES string of the molecule is COc1ccc2c(C(=O)c3ccc(N4CCCC4)nc3)nn(CC(=O)C(C)(C)C)c2c1. The highest BCUT2D eigenvalue weighted by Gasteiger charge is 2.25. The van der Waals surface area contributed by atoms with Crippen LogP contribution in [0.3, 0.4) is 0 Å². The standard InChI is InChI=1S/C24H28N4O3/c1-24(2,3)20(29)15-28-19-13-17(31-4)8-9-18(19)22(26-28)23(30)16-7-10-21(25-14-16)27-11-5-6-12-27/h7-10,13-14H,5-6,11-12,15H2,1-4H3. The van der Waals surface area contributed by atoms with E-state index in [1.807, 2.05) is 39.0 Å². The Bertz CT molecular complexity index is 1120. The fourth-order valence-corrected chi connectivity index (χ4v) is 3.73. The van der Waals surface area contributed by atoms with Crippen molar-refractivity contribution in [1.82, 2.24) is 14.8 Å². The molecule has 0 unspecified atom stereocenters. The van der Waals surface area contributed by atoms with Gasteiger partial charge in [0.1, 0.15) is 23.8 Å². The number of rotatable bonds is 6. The van der Waals surface area contributed by atoms with Crippen molar-refractivity contribution in [2.75, 3.05) is 25.1 Å². The fourth-order valence-electron chi connectivity index (χ4n) is 3.73. The predicted molar refractivity (Wildman–Crippen MR) is 120 cm³/mol. The summed E-state index contributed by atoms with van der Waals surface area (Å²) in [5.74, 6) is 1.37. The van der Waals surface area contributed by atoms with Gasteiger partial charge in [-0.3, -0.25) is 14.3 Å². The molecule has 3 aromatic rings. The molecule has 0 bridgehead atoms. The molecule has 2 aromatic heterocycles. The Morgan fingerprint density at radius 1 is 1.10 bits per heavy atom. The van der Waals surface area contributed by atoms with Crippen molar-refractivity contribution < 1.29 is 14.3 Å². The summed E-state index contributed by atoms with van der Waals surface area (Å²) in [6.45, 7) is 7.72. The summed E-state index contributed by atoms with van der Waals surface area (Å²) in [7, 11) is 1.59. The predicted octanol–water partition coefficient (Wildman–Crippen LogP) is 3.89. The Morgan fingerprint density at radius 2 is 1.84 bits per heavy atom. The molecule has 0 spiro atoms. The van der Waals surface area contributed by atoms with Crippen LogP contribution in [-0.2, 0) is 11.3 Å². The number of carbonyl (C=O) groups is 2. The highest BCUT2D eigenvalue weighted by Crippen LogP contribution is 2.27. The van der Waals surface area contributed by atoms with Crippen LogP contribution in [0.5, 0.6) is 5.75 Å². The number of anilines is 1. The third-order valence-electron chi connectivity index (χ3n) is 5.74. The summed E-state index contributed by atoms with van der Waals surface area (Å²) >= 11 is 0. The molecule has 1 aromatic carbocycles. The topological polar surface area (TPSA) is 77.3 Å². The molecule has 1 aliphatic rings. The van der Waals surface area contributed by atoms with Crippen molar-refractivity contribution in [1.29, 1.82) is 0 Å². The van der Waals surface area contributed by atoms with Gasteiger partial charge in [-0.1, -0.05) is 20.8 Å². The molecule has 1 fully saturated rings. The Labute approximate surface area is 182 Å². The van der Waals surface area contributed by atoms with Crippen LogP contribution < -0.4 is 9.64 Å². The maximum Gasteiger partial charge on any atom is 0.215 e. The zero-order valence-corrected chi connectivity index (χ0v) is 18.5. The average molecular weight is 421 g/mol. The number of methoxy groups -OCH3 is 1. The van der Waals surface area contributed by atoms with Gasteiger partial charge >= 0.3 is 0 Å². The van der Waals surface area contributed by atoms with Gasteiger partial charge in [-0.05, 0) is 37.1 Å². The van der Waals surface area contributed by atoms with E-state index in [-0.39, 0.29) is 18.1 Å². The maximum atomic E-state index is 13.3. The van der Waals surface area contributed by atoms with Crippen molar-refractivity contribution in [3.05, 3.63) is 47.8 Å². The van der Waals surface area contributed by atoms with Crippen LogP contribution in [0, 0.1) is 5.41 Å². The average Bonchev–Trinajstić information content (AvgIpc) is 3.41. The van der Waals surface area contributed by atoms with Crippen molar-refractivity contribution >= 4 is 28.3 Å². The number of nitrogens with zero attached hydrogens (tertiary/aromatic N) is 4. The number of ether oxygens (including phenoxy) is 1. The van der Waals surface area contributed by atoms with Gasteiger partial charge in [0.15, 0.2) is 5.78 Å². The van der Waals surface area contributed by atoms with E-state index in [9.17, 15) is 9.59 Å². The lowest BCUT2D eigenvalue weighted by Gasteiger charge is -2.16. The van der Waals surface area contributed by atoms with Crippen LogP contribution in [0.2, 0.25) is 0 Å². The van der Waals surface area contributed by atoms with Crippen LogP contribution in [-0.4, -0.2) is 46.5 Å². The van der Waals surface area contributed by atoms with E-state index in [0.717, 1.165) is 18.9 Å². The number of fused-ring (bicyclic) bond motifs is 1. The van der Waals surface area contributed by atoms with E-state index in [1.54, 1.807) is 30.1 Å². The molecule has 31 heavy (non-hydrogen) atoms. The van der Waals surface area contributed by atoms with Gasteiger partial charge < -0.3 is 9.64 Å². The van der Waals surface area contributed by atoms with Crippen LogP contribution in [0.25, 0.3) is 10.9 Å². The minimum Gasteiger partial charge on any atom is -0.497 e. The second-order valence-corrected chi connectivity index (χ2v) is 8.99. The zero-order chi connectivity index (χ0) is 22.2. The quantitative estimate of drug-likeness (QED) is 0.563. The summed E-state index contributed by atoms with van der Waals surface area (Å²) in [4.78, 5) is 32.7. The van der Waals surface area contributed by atoms with Crippen LogP contribution in [0.15, 0.2) is 36.5 Å². The van der Waals surface area contributed by atoms with Gasteiger partial charge in [0, 0.05) is 41.7 Å². The first-order valence-corrected chi connectivity index (χ1v) is 10.6. The van der Waals surface area contributed by atoms with Crippen molar-refractivity contribution in [2.45, 2.75) is 40.2 Å².